The largest absolute Gasteiger partial charge is 0.444 e. The Morgan fingerprint density at radius 3 is 2.52 bits per heavy atom. The lowest BCUT2D eigenvalue weighted by Gasteiger charge is -2.19. The van der Waals surface area contributed by atoms with Gasteiger partial charge in [0.25, 0.3) is 5.69 Å². The molecule has 0 radical (unpaired) electrons. The van der Waals surface area contributed by atoms with E-state index in [0.29, 0.717) is 18.5 Å². The third-order valence-electron chi connectivity index (χ3n) is 3.06. The van der Waals surface area contributed by atoms with Crippen molar-refractivity contribution < 1.29 is 14.5 Å². The van der Waals surface area contributed by atoms with Crippen LogP contribution in [-0.2, 0) is 4.74 Å². The van der Waals surface area contributed by atoms with Gasteiger partial charge in [-0.3, -0.25) is 10.1 Å². The van der Waals surface area contributed by atoms with Crippen LogP contribution in [0.5, 0.6) is 0 Å². The number of rotatable bonds is 5. The number of nitro groups is 1. The van der Waals surface area contributed by atoms with Crippen molar-refractivity contribution in [3.63, 3.8) is 0 Å². The summed E-state index contributed by atoms with van der Waals surface area (Å²) < 4.78 is 5.13. The maximum Gasteiger partial charge on any atom is 0.407 e. The lowest BCUT2D eigenvalue weighted by Crippen LogP contribution is -2.32. The van der Waals surface area contributed by atoms with Crippen LogP contribution in [0.4, 0.5) is 10.5 Å². The van der Waals surface area contributed by atoms with Gasteiger partial charge in [-0.15, -0.1) is 0 Å². The number of nitrogens with one attached hydrogen (secondary N) is 1. The molecule has 1 rings (SSSR count). The molecule has 23 heavy (non-hydrogen) atoms. The quantitative estimate of drug-likeness (QED) is 0.502. The number of nitrogens with zero attached hydrogens (tertiary/aromatic N) is 1. The first-order valence-corrected chi connectivity index (χ1v) is 7.49. The molecule has 0 saturated heterocycles. The minimum absolute atomic E-state index is 0.113. The van der Waals surface area contributed by atoms with Crippen molar-refractivity contribution in [3.05, 3.63) is 45.0 Å². The zero-order chi connectivity index (χ0) is 17.6. The van der Waals surface area contributed by atoms with Crippen molar-refractivity contribution in [2.24, 2.45) is 0 Å². The standard InChI is InChI=1S/C17H24N2O4/c1-12-10-13(2)15(19(21)22)11-14(12)8-6-7-9-18-16(20)23-17(3,4)5/h6,8,10-11H,7,9H2,1-5H3,(H,18,20). The van der Waals surface area contributed by atoms with E-state index in [0.717, 1.165) is 11.1 Å². The summed E-state index contributed by atoms with van der Waals surface area (Å²) in [5, 5.41) is 13.6. The van der Waals surface area contributed by atoms with E-state index in [-0.39, 0.29) is 10.6 Å². The predicted octanol–water partition coefficient (Wildman–Crippen LogP) is 4.14. The van der Waals surface area contributed by atoms with Gasteiger partial charge in [0.1, 0.15) is 5.60 Å². The summed E-state index contributed by atoms with van der Waals surface area (Å²) in [7, 11) is 0. The Bertz CT molecular complexity index is 616. The van der Waals surface area contributed by atoms with Crippen molar-refractivity contribution in [1.82, 2.24) is 5.32 Å². The van der Waals surface area contributed by atoms with Crippen LogP contribution in [0, 0.1) is 24.0 Å². The van der Waals surface area contributed by atoms with Crippen LogP contribution in [0.25, 0.3) is 6.08 Å². The lowest BCUT2D eigenvalue weighted by molar-refractivity contribution is -0.385. The van der Waals surface area contributed by atoms with Gasteiger partial charge in [-0.05, 0) is 58.2 Å². The normalized spacial score (nSPS) is 11.5. The third kappa shape index (κ3) is 6.50. The van der Waals surface area contributed by atoms with Gasteiger partial charge in [-0.1, -0.05) is 12.2 Å². The maximum absolute atomic E-state index is 11.5. The molecule has 0 aliphatic carbocycles. The number of ether oxygens (including phenoxy) is 1. The Balaban J connectivity index is 2.57. The number of benzene rings is 1. The molecule has 1 aromatic carbocycles. The van der Waals surface area contributed by atoms with Crippen molar-refractivity contribution >= 4 is 17.9 Å². The third-order valence-corrected chi connectivity index (χ3v) is 3.06. The zero-order valence-corrected chi connectivity index (χ0v) is 14.3. The van der Waals surface area contributed by atoms with Gasteiger partial charge in [-0.25, -0.2) is 4.79 Å². The number of aryl methyl sites for hydroxylation is 2. The smallest absolute Gasteiger partial charge is 0.407 e. The summed E-state index contributed by atoms with van der Waals surface area (Å²) in [6, 6.07) is 3.37. The monoisotopic (exact) mass is 320 g/mol. The highest BCUT2D eigenvalue weighted by Crippen LogP contribution is 2.23. The highest BCUT2D eigenvalue weighted by molar-refractivity contribution is 5.67. The Hall–Kier alpha value is -2.37. The van der Waals surface area contributed by atoms with Crippen molar-refractivity contribution in [1.29, 1.82) is 0 Å². The highest BCUT2D eigenvalue weighted by Gasteiger charge is 2.15. The van der Waals surface area contributed by atoms with Crippen LogP contribution in [0.3, 0.4) is 0 Å². The molecule has 0 aliphatic heterocycles. The van der Waals surface area contributed by atoms with Crippen LogP contribution in [0.15, 0.2) is 18.2 Å². The molecule has 1 N–H and O–H groups in total. The Kier molecular flexibility index (Phi) is 6.30. The second-order valence-electron chi connectivity index (χ2n) is 6.37. The molecule has 0 aliphatic rings. The first-order chi connectivity index (χ1) is 10.6. The van der Waals surface area contributed by atoms with Crippen LogP contribution in [-0.4, -0.2) is 23.2 Å². The fourth-order valence-electron chi connectivity index (χ4n) is 2.02. The minimum atomic E-state index is -0.516. The summed E-state index contributed by atoms with van der Waals surface area (Å²) >= 11 is 0. The van der Waals surface area contributed by atoms with Gasteiger partial charge >= 0.3 is 6.09 Å². The van der Waals surface area contributed by atoms with E-state index >= 15 is 0 Å². The molecule has 1 amide bonds. The summed E-state index contributed by atoms with van der Waals surface area (Å²) in [4.78, 5) is 22.1. The van der Waals surface area contributed by atoms with Gasteiger partial charge in [0.2, 0.25) is 0 Å². The average Bonchev–Trinajstić information content (AvgIpc) is 2.38. The van der Waals surface area contributed by atoms with Gasteiger partial charge in [0, 0.05) is 18.2 Å². The fraction of sp³-hybridized carbons (Fsp3) is 0.471. The molecule has 1 aromatic rings. The average molecular weight is 320 g/mol. The number of hydrogen-bond acceptors (Lipinski definition) is 4. The van der Waals surface area contributed by atoms with E-state index in [1.807, 2.05) is 19.1 Å². The molecule has 6 heteroatoms. The van der Waals surface area contributed by atoms with Gasteiger partial charge in [0.15, 0.2) is 0 Å². The molecular weight excluding hydrogens is 296 g/mol. The molecular formula is C17H24N2O4. The number of carbonyl (C=O) groups is 1. The van der Waals surface area contributed by atoms with E-state index in [4.69, 9.17) is 4.74 Å². The van der Waals surface area contributed by atoms with Crippen LogP contribution in [0.1, 0.15) is 43.9 Å². The highest BCUT2D eigenvalue weighted by atomic mass is 16.6. The van der Waals surface area contributed by atoms with Gasteiger partial charge in [-0.2, -0.15) is 0 Å². The minimum Gasteiger partial charge on any atom is -0.444 e. The first-order valence-electron chi connectivity index (χ1n) is 7.49. The van der Waals surface area contributed by atoms with E-state index in [1.54, 1.807) is 39.8 Å². The van der Waals surface area contributed by atoms with Crippen LogP contribution < -0.4 is 5.32 Å². The second-order valence-corrected chi connectivity index (χ2v) is 6.37. The van der Waals surface area contributed by atoms with Crippen molar-refractivity contribution in [3.8, 4) is 0 Å². The summed E-state index contributed by atoms with van der Waals surface area (Å²) in [6.45, 7) is 9.50. The topological polar surface area (TPSA) is 81.5 Å². The molecule has 0 spiro atoms. The number of nitro benzene ring substituents is 1. The molecule has 0 saturated carbocycles. The number of hydrogen-bond donors (Lipinski definition) is 1. The molecule has 6 nitrogen and oxygen atoms in total. The van der Waals surface area contributed by atoms with E-state index in [1.165, 1.54) is 0 Å². The van der Waals surface area contributed by atoms with Gasteiger partial charge < -0.3 is 10.1 Å². The molecule has 126 valence electrons. The fourth-order valence-corrected chi connectivity index (χ4v) is 2.02. The molecule has 0 aromatic heterocycles. The van der Waals surface area contributed by atoms with E-state index in [2.05, 4.69) is 5.32 Å². The number of amides is 1. The first kappa shape index (κ1) is 18.7. The number of alkyl carbamates (subject to hydrolysis) is 1. The zero-order valence-electron chi connectivity index (χ0n) is 14.3. The predicted molar refractivity (Wildman–Crippen MR) is 90.5 cm³/mol. The van der Waals surface area contributed by atoms with E-state index in [9.17, 15) is 14.9 Å². The molecule has 0 atom stereocenters. The Morgan fingerprint density at radius 2 is 1.96 bits per heavy atom. The second kappa shape index (κ2) is 7.76. The molecule has 0 bridgehead atoms. The Labute approximate surface area is 136 Å². The van der Waals surface area contributed by atoms with Crippen molar-refractivity contribution in [2.75, 3.05) is 6.54 Å². The molecule has 0 unspecified atom stereocenters. The van der Waals surface area contributed by atoms with Crippen molar-refractivity contribution in [2.45, 2.75) is 46.6 Å². The van der Waals surface area contributed by atoms with Crippen LogP contribution in [0.2, 0.25) is 0 Å². The summed E-state index contributed by atoms with van der Waals surface area (Å²) in [5.41, 5.74) is 2.03. The number of carbonyl (C=O) groups excluding carboxylic acids is 1. The van der Waals surface area contributed by atoms with Crippen LogP contribution >= 0.6 is 0 Å². The molecule has 0 heterocycles. The maximum atomic E-state index is 11.5. The SMILES string of the molecule is Cc1cc(C)c([N+](=O)[O-])cc1C=CCCNC(=O)OC(C)(C)C. The Morgan fingerprint density at radius 1 is 1.30 bits per heavy atom. The summed E-state index contributed by atoms with van der Waals surface area (Å²) in [5.74, 6) is 0. The van der Waals surface area contributed by atoms with E-state index < -0.39 is 11.7 Å². The summed E-state index contributed by atoms with van der Waals surface area (Å²) in [6.07, 6.45) is 3.87. The molecule has 0 fully saturated rings. The van der Waals surface area contributed by atoms with Gasteiger partial charge in [0.05, 0.1) is 4.92 Å². The lowest BCUT2D eigenvalue weighted by atomic mass is 10.0.